The summed E-state index contributed by atoms with van der Waals surface area (Å²) >= 11 is 0. The Bertz CT molecular complexity index is 2150. The van der Waals surface area contributed by atoms with Crippen LogP contribution in [0.2, 0.25) is 0 Å². The number of alkyl carbamates (subject to hydrolysis) is 1. The van der Waals surface area contributed by atoms with E-state index in [-0.39, 0.29) is 47.4 Å². The smallest absolute Gasteiger partial charge is 0.435 e. The van der Waals surface area contributed by atoms with Gasteiger partial charge in [0, 0.05) is 42.2 Å². The molecule has 0 bridgehead atoms. The van der Waals surface area contributed by atoms with Crippen LogP contribution in [0.3, 0.4) is 0 Å². The predicted octanol–water partition coefficient (Wildman–Crippen LogP) is 5.45. The predicted molar refractivity (Wildman–Crippen MR) is 195 cm³/mol. The van der Waals surface area contributed by atoms with Crippen molar-refractivity contribution in [1.82, 2.24) is 50.3 Å². The summed E-state index contributed by atoms with van der Waals surface area (Å²) in [4.78, 5) is 77.1. The van der Waals surface area contributed by atoms with Gasteiger partial charge in [0.2, 0.25) is 11.8 Å². The fourth-order valence-corrected chi connectivity index (χ4v) is 7.95. The molecule has 2 saturated carbocycles. The van der Waals surface area contributed by atoms with Crippen LogP contribution in [0.25, 0.3) is 33.9 Å². The molecule has 300 valence electrons. The topological polar surface area (TPSA) is 211 Å². The number of alkyl halides is 3. The molecule has 5 heterocycles. The summed E-state index contributed by atoms with van der Waals surface area (Å²) in [6.45, 7) is 0.815. The normalized spacial score (nSPS) is 20.6. The van der Waals surface area contributed by atoms with Crippen molar-refractivity contribution in [3.8, 4) is 33.9 Å². The van der Waals surface area contributed by atoms with E-state index < -0.39 is 48.1 Å². The number of methoxy groups -OCH3 is 1. The van der Waals surface area contributed by atoms with E-state index in [0.29, 0.717) is 67.1 Å². The van der Waals surface area contributed by atoms with Crippen LogP contribution in [-0.2, 0) is 20.5 Å². The molecular weight excluding hydrogens is 749 g/mol. The zero-order valence-corrected chi connectivity index (χ0v) is 30.9. The van der Waals surface area contributed by atoms with Crippen molar-refractivity contribution in [2.24, 2.45) is 11.8 Å². The van der Waals surface area contributed by atoms with Crippen molar-refractivity contribution in [3.05, 3.63) is 60.2 Å². The summed E-state index contributed by atoms with van der Waals surface area (Å²) < 4.78 is 47.8. The fraction of sp³-hybridized carbons (Fsp3) is 0.474. The van der Waals surface area contributed by atoms with Crippen LogP contribution in [0.4, 0.5) is 22.8 Å². The SMILES string of the molecule is COC(=O)NC(C(=O)N1CCC[C@H]1c1ncc(-c2cnc(-c3ccc(-c4[nH]c([C@@H]5CCCN5C(=O)C(NC(=O)O)C5CC5)nc4C(F)(F)F)cc3)nc2)[nH]1)C1CC1. The van der Waals surface area contributed by atoms with Crippen molar-refractivity contribution in [1.29, 1.82) is 0 Å². The Kier molecular flexibility index (Phi) is 10.1. The second-order valence-corrected chi connectivity index (χ2v) is 15.0. The van der Waals surface area contributed by atoms with Crippen LogP contribution in [0.5, 0.6) is 0 Å². The summed E-state index contributed by atoms with van der Waals surface area (Å²) in [5.74, 6) is 0.251. The maximum atomic E-state index is 14.4. The van der Waals surface area contributed by atoms with Gasteiger partial charge in [-0.25, -0.2) is 29.5 Å². The van der Waals surface area contributed by atoms with Crippen LogP contribution < -0.4 is 10.6 Å². The molecule has 2 unspecified atom stereocenters. The number of hydrogen-bond donors (Lipinski definition) is 5. The number of H-pyrrole nitrogens is 2. The molecule has 4 atom stereocenters. The number of hydrogen-bond acceptors (Lipinski definition) is 9. The van der Waals surface area contributed by atoms with Crippen LogP contribution in [0.1, 0.15) is 80.8 Å². The van der Waals surface area contributed by atoms with E-state index in [9.17, 15) is 37.5 Å². The Morgan fingerprint density at radius 2 is 1.33 bits per heavy atom. The maximum absolute atomic E-state index is 14.4. The van der Waals surface area contributed by atoms with Crippen LogP contribution in [0, 0.1) is 11.8 Å². The number of likely N-dealkylation sites (tertiary alicyclic amines) is 2. The monoisotopic (exact) mass is 790 g/mol. The number of nitrogens with zero attached hydrogens (tertiary/aromatic N) is 6. The Morgan fingerprint density at radius 1 is 0.772 bits per heavy atom. The van der Waals surface area contributed by atoms with Gasteiger partial charge in [-0.1, -0.05) is 24.3 Å². The van der Waals surface area contributed by atoms with Gasteiger partial charge in [0.1, 0.15) is 23.7 Å². The number of amides is 4. The van der Waals surface area contributed by atoms with Gasteiger partial charge in [-0.15, -0.1) is 0 Å². The summed E-state index contributed by atoms with van der Waals surface area (Å²) in [6, 6.07) is 3.58. The van der Waals surface area contributed by atoms with Gasteiger partial charge >= 0.3 is 18.4 Å². The number of carboxylic acid groups (broad SMARTS) is 1. The summed E-state index contributed by atoms with van der Waals surface area (Å²) in [5.41, 5.74) is 0.680. The van der Waals surface area contributed by atoms with Gasteiger partial charge in [-0.05, 0) is 63.2 Å². The van der Waals surface area contributed by atoms with Gasteiger partial charge in [-0.3, -0.25) is 9.59 Å². The van der Waals surface area contributed by atoms with E-state index in [1.807, 2.05) is 0 Å². The molecule has 3 aromatic heterocycles. The third-order valence-corrected chi connectivity index (χ3v) is 11.1. The van der Waals surface area contributed by atoms with Gasteiger partial charge in [0.25, 0.3) is 0 Å². The van der Waals surface area contributed by atoms with Crippen molar-refractivity contribution in [2.45, 2.75) is 81.7 Å². The van der Waals surface area contributed by atoms with Gasteiger partial charge in [0.15, 0.2) is 11.5 Å². The van der Waals surface area contributed by atoms with Crippen LogP contribution >= 0.6 is 0 Å². The number of halogens is 3. The first-order valence-corrected chi connectivity index (χ1v) is 19.0. The lowest BCUT2D eigenvalue weighted by Gasteiger charge is -2.28. The lowest BCUT2D eigenvalue weighted by atomic mass is 10.1. The molecule has 0 spiro atoms. The molecule has 2 saturated heterocycles. The largest absolute Gasteiger partial charge is 0.465 e. The second kappa shape index (κ2) is 15.2. The first kappa shape index (κ1) is 37.9. The Morgan fingerprint density at radius 3 is 1.88 bits per heavy atom. The van der Waals surface area contributed by atoms with Crippen molar-refractivity contribution in [3.63, 3.8) is 0 Å². The first-order valence-electron chi connectivity index (χ1n) is 19.0. The minimum absolute atomic E-state index is 0.0109. The first-order chi connectivity index (χ1) is 27.4. The second-order valence-electron chi connectivity index (χ2n) is 15.0. The highest BCUT2D eigenvalue weighted by Gasteiger charge is 2.46. The number of rotatable bonds is 11. The molecule has 16 nitrogen and oxygen atoms in total. The van der Waals surface area contributed by atoms with E-state index in [1.165, 1.54) is 24.1 Å². The van der Waals surface area contributed by atoms with E-state index >= 15 is 0 Å². The highest BCUT2D eigenvalue weighted by molar-refractivity contribution is 5.87. The van der Waals surface area contributed by atoms with Gasteiger partial charge in [0.05, 0.1) is 36.8 Å². The molecule has 4 fully saturated rings. The van der Waals surface area contributed by atoms with E-state index in [2.05, 4.69) is 40.5 Å². The van der Waals surface area contributed by atoms with E-state index in [0.717, 1.165) is 19.3 Å². The molecule has 1 aromatic carbocycles. The molecule has 5 N–H and O–H groups in total. The minimum atomic E-state index is -4.80. The number of benzene rings is 1. The Hall–Kier alpha value is -6.01. The fourth-order valence-electron chi connectivity index (χ4n) is 7.95. The summed E-state index contributed by atoms with van der Waals surface area (Å²) in [7, 11) is 1.27. The molecular formula is C38H41F3N10O6. The molecule has 8 rings (SSSR count). The Balaban J connectivity index is 0.969. The zero-order chi connectivity index (χ0) is 40.0. The number of imidazole rings is 2. The number of aromatic amines is 2. The molecule has 19 heteroatoms. The minimum Gasteiger partial charge on any atom is -0.465 e. The maximum Gasteiger partial charge on any atom is 0.435 e. The average Bonchev–Trinajstić information content (AvgIpc) is 3.94. The Labute approximate surface area is 324 Å². The third-order valence-electron chi connectivity index (χ3n) is 11.1. The highest BCUT2D eigenvalue weighted by Crippen LogP contribution is 2.42. The van der Waals surface area contributed by atoms with Crippen molar-refractivity contribution < 1.29 is 42.2 Å². The van der Waals surface area contributed by atoms with E-state index in [1.54, 1.807) is 35.6 Å². The molecule has 2 aliphatic heterocycles. The summed E-state index contributed by atoms with van der Waals surface area (Å²) in [6.07, 6.45) is 3.58. The van der Waals surface area contributed by atoms with Crippen molar-refractivity contribution >= 4 is 24.0 Å². The number of carbonyl (C=O) groups is 4. The number of ether oxygens (including phenoxy) is 1. The lowest BCUT2D eigenvalue weighted by Crippen LogP contribution is -2.49. The standard InChI is InChI=1S/C38H41F3N10O6/c1-57-37(56)48-29(21-8-9-21)35(53)50-14-2-4-25(50)32-44-18-24(45-32)23-16-42-31(43-17-23)22-12-10-19(11-13-22)27-30(38(39,40)41)49-33(46-27)26-5-3-15-51(26)34(52)28(20-6-7-20)47-36(54)55/h10-13,16-18,20-21,25-26,28-29,47H,2-9,14-15H2,1H3,(H,44,45)(H,46,49)(H,48,56)(H,54,55)/t25-,26-,28?,29?/m0/s1. The molecule has 57 heavy (non-hydrogen) atoms. The van der Waals surface area contributed by atoms with Crippen LogP contribution in [0.15, 0.2) is 42.9 Å². The molecule has 0 radical (unpaired) electrons. The van der Waals surface area contributed by atoms with Gasteiger partial charge in [-0.2, -0.15) is 13.2 Å². The van der Waals surface area contributed by atoms with E-state index in [4.69, 9.17) is 4.74 Å². The molecule has 2 aliphatic carbocycles. The number of aromatic nitrogens is 6. The molecule has 4 amide bonds. The van der Waals surface area contributed by atoms with Gasteiger partial charge < -0.3 is 40.2 Å². The third kappa shape index (κ3) is 7.86. The lowest BCUT2D eigenvalue weighted by molar-refractivity contribution is -0.140. The van der Waals surface area contributed by atoms with Crippen LogP contribution in [-0.4, -0.2) is 101 Å². The molecule has 4 aliphatic rings. The highest BCUT2D eigenvalue weighted by atomic mass is 19.4. The average molecular weight is 791 g/mol. The molecule has 4 aromatic rings. The van der Waals surface area contributed by atoms with Crippen molar-refractivity contribution in [2.75, 3.05) is 20.2 Å². The number of carbonyl (C=O) groups excluding carboxylic acids is 3. The number of nitrogens with one attached hydrogen (secondary N) is 4. The quantitative estimate of drug-likeness (QED) is 0.130. The summed E-state index contributed by atoms with van der Waals surface area (Å²) in [5, 5.41) is 14.3. The zero-order valence-electron chi connectivity index (χ0n) is 30.9.